The molecule has 138 valence electrons. The second kappa shape index (κ2) is 7.48. The van der Waals surface area contributed by atoms with Crippen LogP contribution in [0.1, 0.15) is 11.1 Å². The molecule has 3 aromatic rings. The first-order valence-electron chi connectivity index (χ1n) is 8.07. The van der Waals surface area contributed by atoms with Crippen LogP contribution in [0, 0.1) is 6.92 Å². The SMILES string of the molecule is Cc1ccc(Cn2c(SC[C@@H](O)CO)nc3c2c(=O)[nH]c(=O)n3C)cc1. The topological polar surface area (TPSA) is 113 Å². The molecule has 0 unspecified atom stereocenters. The molecule has 0 saturated heterocycles. The molecule has 0 bridgehead atoms. The van der Waals surface area contributed by atoms with Gasteiger partial charge in [0.2, 0.25) is 0 Å². The minimum absolute atomic E-state index is 0.222. The molecule has 0 aliphatic heterocycles. The van der Waals surface area contributed by atoms with Crippen LogP contribution in [0.4, 0.5) is 0 Å². The van der Waals surface area contributed by atoms with Crippen LogP contribution >= 0.6 is 11.8 Å². The zero-order valence-corrected chi connectivity index (χ0v) is 15.3. The van der Waals surface area contributed by atoms with E-state index in [1.54, 1.807) is 11.6 Å². The van der Waals surface area contributed by atoms with Gasteiger partial charge in [0, 0.05) is 12.8 Å². The van der Waals surface area contributed by atoms with Gasteiger partial charge in [-0.3, -0.25) is 14.3 Å². The number of nitrogens with zero attached hydrogens (tertiary/aromatic N) is 3. The molecule has 2 aromatic heterocycles. The standard InChI is InChI=1S/C17H20N4O4S/c1-10-3-5-11(6-4-10)7-21-13-14(20(2)16(25)19-15(13)24)18-17(21)26-9-12(23)8-22/h3-6,12,22-23H,7-9H2,1-2H3,(H,19,24,25)/t12-/m0/s1. The molecule has 3 rings (SSSR count). The predicted molar refractivity (Wildman–Crippen MR) is 99.7 cm³/mol. The van der Waals surface area contributed by atoms with Gasteiger partial charge in [-0.15, -0.1) is 0 Å². The molecule has 8 nitrogen and oxygen atoms in total. The average molecular weight is 376 g/mol. The number of imidazole rings is 1. The number of fused-ring (bicyclic) bond motifs is 1. The van der Waals surface area contributed by atoms with Gasteiger partial charge in [-0.05, 0) is 12.5 Å². The van der Waals surface area contributed by atoms with E-state index < -0.39 is 17.4 Å². The molecule has 0 saturated carbocycles. The molecular formula is C17H20N4O4S. The van der Waals surface area contributed by atoms with Crippen molar-refractivity contribution in [1.29, 1.82) is 0 Å². The fraction of sp³-hybridized carbons (Fsp3) is 0.353. The summed E-state index contributed by atoms with van der Waals surface area (Å²) in [7, 11) is 1.54. The van der Waals surface area contributed by atoms with Gasteiger partial charge in [-0.2, -0.15) is 0 Å². The van der Waals surface area contributed by atoms with Crippen LogP contribution in [0.5, 0.6) is 0 Å². The Kier molecular flexibility index (Phi) is 5.30. The lowest BCUT2D eigenvalue weighted by Crippen LogP contribution is -2.29. The second-order valence-electron chi connectivity index (χ2n) is 6.10. The van der Waals surface area contributed by atoms with E-state index in [1.165, 1.54) is 16.3 Å². The first kappa shape index (κ1) is 18.4. The maximum atomic E-state index is 12.4. The molecule has 26 heavy (non-hydrogen) atoms. The van der Waals surface area contributed by atoms with Crippen LogP contribution in [-0.4, -0.2) is 47.8 Å². The van der Waals surface area contributed by atoms with E-state index >= 15 is 0 Å². The Hall–Kier alpha value is -2.36. The number of rotatable bonds is 6. The molecular weight excluding hydrogens is 356 g/mol. The summed E-state index contributed by atoms with van der Waals surface area (Å²) >= 11 is 1.22. The number of aliphatic hydroxyl groups is 2. The second-order valence-corrected chi connectivity index (χ2v) is 7.09. The van der Waals surface area contributed by atoms with Crippen LogP contribution in [0.2, 0.25) is 0 Å². The summed E-state index contributed by atoms with van der Waals surface area (Å²) in [5, 5.41) is 19.1. The smallest absolute Gasteiger partial charge is 0.329 e. The highest BCUT2D eigenvalue weighted by Crippen LogP contribution is 2.23. The third kappa shape index (κ3) is 3.59. The van der Waals surface area contributed by atoms with E-state index in [4.69, 9.17) is 5.11 Å². The average Bonchev–Trinajstić information content (AvgIpc) is 2.98. The maximum Gasteiger partial charge on any atom is 0.329 e. The molecule has 0 aliphatic carbocycles. The van der Waals surface area contributed by atoms with Gasteiger partial charge in [-0.25, -0.2) is 9.78 Å². The highest BCUT2D eigenvalue weighted by atomic mass is 32.2. The van der Waals surface area contributed by atoms with Crippen molar-refractivity contribution >= 4 is 22.9 Å². The van der Waals surface area contributed by atoms with Crippen molar-refractivity contribution < 1.29 is 10.2 Å². The van der Waals surface area contributed by atoms with E-state index in [2.05, 4.69) is 9.97 Å². The third-order valence-electron chi connectivity index (χ3n) is 4.05. The number of H-pyrrole nitrogens is 1. The molecule has 2 heterocycles. The third-order valence-corrected chi connectivity index (χ3v) is 5.17. The van der Waals surface area contributed by atoms with Gasteiger partial charge in [0.25, 0.3) is 5.56 Å². The van der Waals surface area contributed by atoms with Crippen molar-refractivity contribution in [3.05, 3.63) is 56.2 Å². The van der Waals surface area contributed by atoms with Crippen molar-refractivity contribution in [3.8, 4) is 0 Å². The number of thioether (sulfide) groups is 1. The lowest BCUT2D eigenvalue weighted by molar-refractivity contribution is 0.113. The number of aliphatic hydroxyl groups excluding tert-OH is 2. The number of benzene rings is 1. The maximum absolute atomic E-state index is 12.4. The molecule has 0 aliphatic rings. The summed E-state index contributed by atoms with van der Waals surface area (Å²) in [6.07, 6.45) is -0.894. The number of aromatic amines is 1. The lowest BCUT2D eigenvalue weighted by atomic mass is 10.1. The first-order valence-corrected chi connectivity index (χ1v) is 9.06. The van der Waals surface area contributed by atoms with Crippen LogP contribution < -0.4 is 11.2 Å². The predicted octanol–water partition coefficient (Wildman–Crippen LogP) is 0.225. The Morgan fingerprint density at radius 2 is 1.96 bits per heavy atom. The van der Waals surface area contributed by atoms with Gasteiger partial charge < -0.3 is 14.8 Å². The van der Waals surface area contributed by atoms with Crippen LogP contribution in [0.3, 0.4) is 0 Å². The molecule has 0 radical (unpaired) electrons. The summed E-state index contributed by atoms with van der Waals surface area (Å²) in [5.74, 6) is 0.222. The van der Waals surface area contributed by atoms with Crippen molar-refractivity contribution in [3.63, 3.8) is 0 Å². The van der Waals surface area contributed by atoms with Gasteiger partial charge in [-0.1, -0.05) is 41.6 Å². The highest BCUT2D eigenvalue weighted by molar-refractivity contribution is 7.99. The fourth-order valence-electron chi connectivity index (χ4n) is 2.57. The Balaban J connectivity index is 2.12. The molecule has 1 atom stereocenters. The minimum Gasteiger partial charge on any atom is -0.394 e. The van der Waals surface area contributed by atoms with Gasteiger partial charge in [0.1, 0.15) is 0 Å². The largest absolute Gasteiger partial charge is 0.394 e. The summed E-state index contributed by atoms with van der Waals surface area (Å²) in [5.41, 5.74) is 1.66. The highest BCUT2D eigenvalue weighted by Gasteiger charge is 2.18. The van der Waals surface area contributed by atoms with Crippen molar-refractivity contribution in [1.82, 2.24) is 19.1 Å². The van der Waals surface area contributed by atoms with Crippen LogP contribution in [0.15, 0.2) is 39.0 Å². The fourth-order valence-corrected chi connectivity index (χ4v) is 3.48. The normalized spacial score (nSPS) is 12.6. The van der Waals surface area contributed by atoms with Crippen LogP contribution in [-0.2, 0) is 13.6 Å². The van der Waals surface area contributed by atoms with Crippen molar-refractivity contribution in [2.45, 2.75) is 24.7 Å². The Labute approximate surface area is 153 Å². The van der Waals surface area contributed by atoms with Gasteiger partial charge in [0.15, 0.2) is 16.3 Å². The monoisotopic (exact) mass is 376 g/mol. The van der Waals surface area contributed by atoms with E-state index in [9.17, 15) is 14.7 Å². The van der Waals surface area contributed by atoms with Crippen molar-refractivity contribution in [2.24, 2.45) is 7.05 Å². The molecule has 3 N–H and O–H groups in total. The summed E-state index contributed by atoms with van der Waals surface area (Å²) in [6.45, 7) is 2.04. The zero-order chi connectivity index (χ0) is 18.8. The van der Waals surface area contributed by atoms with Crippen molar-refractivity contribution in [2.75, 3.05) is 12.4 Å². The zero-order valence-electron chi connectivity index (χ0n) is 14.5. The summed E-state index contributed by atoms with van der Waals surface area (Å²) < 4.78 is 3.02. The van der Waals surface area contributed by atoms with Crippen LogP contribution in [0.25, 0.3) is 11.2 Å². The summed E-state index contributed by atoms with van der Waals surface area (Å²) in [4.78, 5) is 31.0. The quantitative estimate of drug-likeness (QED) is 0.531. The van der Waals surface area contributed by atoms with Gasteiger partial charge >= 0.3 is 5.69 Å². The van der Waals surface area contributed by atoms with E-state index in [0.29, 0.717) is 17.2 Å². The number of aryl methyl sites for hydroxylation is 2. The first-order chi connectivity index (χ1) is 12.4. The molecule has 0 fully saturated rings. The molecule has 1 aromatic carbocycles. The minimum atomic E-state index is -0.894. The molecule has 0 amide bonds. The number of nitrogens with one attached hydrogen (secondary N) is 1. The Morgan fingerprint density at radius 1 is 1.27 bits per heavy atom. The van der Waals surface area contributed by atoms with Gasteiger partial charge in [0.05, 0.1) is 19.3 Å². The van der Waals surface area contributed by atoms with E-state index in [0.717, 1.165) is 11.1 Å². The Bertz CT molecular complexity index is 1040. The number of hydrogen-bond donors (Lipinski definition) is 3. The van der Waals surface area contributed by atoms with E-state index in [1.807, 2.05) is 31.2 Å². The van der Waals surface area contributed by atoms with E-state index in [-0.39, 0.29) is 18.0 Å². The number of hydrogen-bond acceptors (Lipinski definition) is 6. The Morgan fingerprint density at radius 3 is 2.62 bits per heavy atom. The molecule has 0 spiro atoms. The summed E-state index contributed by atoms with van der Waals surface area (Å²) in [6, 6.07) is 7.90. The molecule has 9 heteroatoms. The number of aromatic nitrogens is 4. The lowest BCUT2D eigenvalue weighted by Gasteiger charge is -2.10.